The SMILES string of the molecule is Cc1ccc(-c2cc(C(=O)NCCC(C)C)n(-c3ccc(Cl)cc3)n2)cc1C. The third-order valence-corrected chi connectivity index (χ3v) is 5.08. The van der Waals surface area contributed by atoms with Crippen molar-refractivity contribution in [1.82, 2.24) is 15.1 Å². The molecule has 3 aromatic rings. The van der Waals surface area contributed by atoms with E-state index >= 15 is 0 Å². The van der Waals surface area contributed by atoms with Crippen LogP contribution in [0.1, 0.15) is 41.9 Å². The second kappa shape index (κ2) is 8.61. The third-order valence-electron chi connectivity index (χ3n) is 4.82. The molecular weight excluding hydrogens is 370 g/mol. The fraction of sp³-hybridized carbons (Fsp3) is 0.304. The zero-order chi connectivity index (χ0) is 20.3. The summed E-state index contributed by atoms with van der Waals surface area (Å²) in [5, 5.41) is 8.39. The summed E-state index contributed by atoms with van der Waals surface area (Å²) in [5.74, 6) is 0.408. The summed E-state index contributed by atoms with van der Waals surface area (Å²) in [5.41, 5.74) is 5.50. The first-order valence-electron chi connectivity index (χ1n) is 9.57. The maximum Gasteiger partial charge on any atom is 0.270 e. The van der Waals surface area contributed by atoms with Crippen LogP contribution in [0.2, 0.25) is 5.02 Å². The number of rotatable bonds is 6. The minimum absolute atomic E-state index is 0.127. The predicted octanol–water partition coefficient (Wildman–Crippen LogP) is 5.59. The van der Waals surface area contributed by atoms with Crippen molar-refractivity contribution in [2.45, 2.75) is 34.1 Å². The van der Waals surface area contributed by atoms with Gasteiger partial charge in [-0.2, -0.15) is 5.10 Å². The molecule has 1 amide bonds. The number of carbonyl (C=O) groups excluding carboxylic acids is 1. The molecule has 2 aromatic carbocycles. The largest absolute Gasteiger partial charge is 0.351 e. The fourth-order valence-corrected chi connectivity index (χ4v) is 3.05. The molecule has 1 heterocycles. The number of hydrogen-bond acceptors (Lipinski definition) is 2. The van der Waals surface area contributed by atoms with Gasteiger partial charge in [-0.3, -0.25) is 4.79 Å². The van der Waals surface area contributed by atoms with Gasteiger partial charge in [0.25, 0.3) is 5.91 Å². The molecule has 1 N–H and O–H groups in total. The third kappa shape index (κ3) is 4.63. The predicted molar refractivity (Wildman–Crippen MR) is 115 cm³/mol. The number of amides is 1. The Kier molecular flexibility index (Phi) is 6.20. The Morgan fingerprint density at radius 3 is 2.43 bits per heavy atom. The Hall–Kier alpha value is -2.59. The molecule has 0 atom stereocenters. The van der Waals surface area contributed by atoms with Crippen molar-refractivity contribution in [3.63, 3.8) is 0 Å². The Morgan fingerprint density at radius 1 is 1.07 bits per heavy atom. The van der Waals surface area contributed by atoms with Gasteiger partial charge in [0.05, 0.1) is 11.4 Å². The normalized spacial score (nSPS) is 11.1. The molecular formula is C23H26ClN3O. The molecule has 0 aliphatic rings. The molecule has 0 spiro atoms. The monoisotopic (exact) mass is 395 g/mol. The van der Waals surface area contributed by atoms with Gasteiger partial charge in [0.15, 0.2) is 0 Å². The topological polar surface area (TPSA) is 46.9 Å². The number of carbonyl (C=O) groups is 1. The molecule has 0 aliphatic heterocycles. The van der Waals surface area contributed by atoms with Crippen molar-refractivity contribution in [2.75, 3.05) is 6.54 Å². The lowest BCUT2D eigenvalue weighted by Gasteiger charge is -2.09. The van der Waals surface area contributed by atoms with Gasteiger partial charge in [-0.1, -0.05) is 37.6 Å². The van der Waals surface area contributed by atoms with E-state index < -0.39 is 0 Å². The van der Waals surface area contributed by atoms with Crippen molar-refractivity contribution < 1.29 is 4.79 Å². The molecule has 1 aromatic heterocycles. The van der Waals surface area contributed by atoms with Crippen molar-refractivity contribution in [3.8, 4) is 16.9 Å². The fourth-order valence-electron chi connectivity index (χ4n) is 2.93. The Balaban J connectivity index is 2.00. The van der Waals surface area contributed by atoms with Crippen LogP contribution in [0.4, 0.5) is 0 Å². The molecule has 0 radical (unpaired) electrons. The summed E-state index contributed by atoms with van der Waals surface area (Å²) in [4.78, 5) is 12.9. The molecule has 3 rings (SSSR count). The van der Waals surface area contributed by atoms with E-state index in [1.165, 1.54) is 11.1 Å². The molecule has 28 heavy (non-hydrogen) atoms. The van der Waals surface area contributed by atoms with Crippen molar-refractivity contribution in [1.29, 1.82) is 0 Å². The first kappa shape index (κ1) is 20.2. The van der Waals surface area contributed by atoms with Gasteiger partial charge in [0, 0.05) is 17.1 Å². The molecule has 0 aliphatic carbocycles. The van der Waals surface area contributed by atoms with E-state index in [9.17, 15) is 4.79 Å². The van der Waals surface area contributed by atoms with Crippen LogP contribution in [0.15, 0.2) is 48.5 Å². The van der Waals surface area contributed by atoms with Crippen LogP contribution in [-0.4, -0.2) is 22.2 Å². The quantitative estimate of drug-likeness (QED) is 0.591. The summed E-state index contributed by atoms with van der Waals surface area (Å²) < 4.78 is 1.69. The van der Waals surface area contributed by atoms with Gasteiger partial charge in [-0.25, -0.2) is 4.68 Å². The van der Waals surface area contributed by atoms with Crippen molar-refractivity contribution >= 4 is 17.5 Å². The van der Waals surface area contributed by atoms with Crippen molar-refractivity contribution in [3.05, 3.63) is 70.4 Å². The minimum atomic E-state index is -0.127. The molecule has 4 nitrogen and oxygen atoms in total. The number of aromatic nitrogens is 2. The summed E-state index contributed by atoms with van der Waals surface area (Å²) in [6, 6.07) is 15.4. The number of nitrogens with one attached hydrogen (secondary N) is 1. The van der Waals surface area contributed by atoms with E-state index in [2.05, 4.69) is 45.1 Å². The van der Waals surface area contributed by atoms with Crippen LogP contribution >= 0.6 is 11.6 Å². The van der Waals surface area contributed by atoms with Gasteiger partial charge in [-0.15, -0.1) is 0 Å². The number of nitrogens with zero attached hydrogens (tertiary/aromatic N) is 2. The first-order chi connectivity index (χ1) is 13.3. The minimum Gasteiger partial charge on any atom is -0.351 e. The van der Waals surface area contributed by atoms with E-state index in [4.69, 9.17) is 16.7 Å². The number of aryl methyl sites for hydroxylation is 2. The van der Waals surface area contributed by atoms with Crippen LogP contribution in [0.5, 0.6) is 0 Å². The Bertz CT molecular complexity index is 974. The molecule has 5 heteroatoms. The van der Waals surface area contributed by atoms with Crippen LogP contribution in [0, 0.1) is 19.8 Å². The second-order valence-electron chi connectivity index (χ2n) is 7.54. The molecule has 146 valence electrons. The highest BCUT2D eigenvalue weighted by Gasteiger charge is 2.18. The second-order valence-corrected chi connectivity index (χ2v) is 7.98. The summed E-state index contributed by atoms with van der Waals surface area (Å²) in [6.45, 7) is 9.08. The van der Waals surface area contributed by atoms with E-state index in [1.54, 1.807) is 16.8 Å². The average molecular weight is 396 g/mol. The molecule has 0 bridgehead atoms. The van der Waals surface area contributed by atoms with E-state index in [0.29, 0.717) is 23.2 Å². The lowest BCUT2D eigenvalue weighted by molar-refractivity contribution is 0.0944. The highest BCUT2D eigenvalue weighted by atomic mass is 35.5. The van der Waals surface area contributed by atoms with Crippen LogP contribution in [0.25, 0.3) is 16.9 Å². The average Bonchev–Trinajstić information content (AvgIpc) is 3.09. The number of halogens is 1. The van der Waals surface area contributed by atoms with E-state index in [0.717, 1.165) is 23.4 Å². The smallest absolute Gasteiger partial charge is 0.270 e. The Morgan fingerprint density at radius 2 is 1.79 bits per heavy atom. The standard InChI is InChI=1S/C23H26ClN3O/c1-15(2)11-12-25-23(28)22-14-21(18-6-5-16(3)17(4)13-18)26-27(22)20-9-7-19(24)8-10-20/h5-10,13-15H,11-12H2,1-4H3,(H,25,28). The molecule has 0 unspecified atom stereocenters. The maximum atomic E-state index is 12.9. The van der Waals surface area contributed by atoms with Gasteiger partial charge in [0.2, 0.25) is 0 Å². The summed E-state index contributed by atoms with van der Waals surface area (Å²) in [7, 11) is 0. The zero-order valence-electron chi connectivity index (χ0n) is 16.8. The lowest BCUT2D eigenvalue weighted by Crippen LogP contribution is -2.27. The molecule has 0 saturated heterocycles. The van der Waals surface area contributed by atoms with Crippen LogP contribution in [-0.2, 0) is 0 Å². The van der Waals surface area contributed by atoms with Gasteiger partial charge < -0.3 is 5.32 Å². The van der Waals surface area contributed by atoms with E-state index in [1.807, 2.05) is 24.3 Å². The lowest BCUT2D eigenvalue weighted by atomic mass is 10.0. The summed E-state index contributed by atoms with van der Waals surface area (Å²) in [6.07, 6.45) is 0.935. The van der Waals surface area contributed by atoms with E-state index in [-0.39, 0.29) is 5.91 Å². The van der Waals surface area contributed by atoms with Crippen molar-refractivity contribution in [2.24, 2.45) is 5.92 Å². The van der Waals surface area contributed by atoms with Gasteiger partial charge >= 0.3 is 0 Å². The maximum absolute atomic E-state index is 12.9. The highest BCUT2D eigenvalue weighted by Crippen LogP contribution is 2.24. The summed E-state index contributed by atoms with van der Waals surface area (Å²) >= 11 is 6.02. The zero-order valence-corrected chi connectivity index (χ0v) is 17.5. The van der Waals surface area contributed by atoms with Crippen LogP contribution < -0.4 is 5.32 Å². The molecule has 0 saturated carbocycles. The van der Waals surface area contributed by atoms with Gasteiger partial charge in [0.1, 0.15) is 5.69 Å². The van der Waals surface area contributed by atoms with Crippen LogP contribution in [0.3, 0.4) is 0 Å². The Labute approximate surface area is 171 Å². The van der Waals surface area contributed by atoms with Gasteiger partial charge in [-0.05, 0) is 73.7 Å². The number of benzene rings is 2. The number of hydrogen-bond donors (Lipinski definition) is 1. The first-order valence-corrected chi connectivity index (χ1v) is 9.95. The molecule has 0 fully saturated rings. The highest BCUT2D eigenvalue weighted by molar-refractivity contribution is 6.30.